The molecule has 0 fully saturated rings. The van der Waals surface area contributed by atoms with Crippen LogP contribution in [0.25, 0.3) is 0 Å². The minimum absolute atomic E-state index is 0.192. The Morgan fingerprint density at radius 1 is 1.29 bits per heavy atom. The summed E-state index contributed by atoms with van der Waals surface area (Å²) < 4.78 is 6.44. The number of amides is 1. The van der Waals surface area contributed by atoms with E-state index in [0.717, 1.165) is 16.9 Å². The van der Waals surface area contributed by atoms with Crippen LogP contribution in [0.2, 0.25) is 0 Å². The van der Waals surface area contributed by atoms with Crippen LogP contribution < -0.4 is 15.9 Å². The number of benzene rings is 2. The summed E-state index contributed by atoms with van der Waals surface area (Å²) in [7, 11) is 0. The topological polar surface area (TPSA) is 102 Å². The molecular weight excluding hydrogens is 394 g/mol. The minimum Gasteiger partial charge on any atom is -0.489 e. The highest BCUT2D eigenvalue weighted by atomic mass is 32.2. The third-order valence-corrected chi connectivity index (χ3v) is 5.41. The van der Waals surface area contributed by atoms with Crippen LogP contribution >= 0.6 is 23.1 Å². The summed E-state index contributed by atoms with van der Waals surface area (Å²) in [6.45, 7) is 2.57. The number of rotatable bonds is 8. The molecule has 0 saturated heterocycles. The number of nitrogens with two attached hydrogens (primary N) is 1. The molecule has 0 aliphatic carbocycles. The quantitative estimate of drug-likeness (QED) is 0.334. The van der Waals surface area contributed by atoms with Crippen molar-refractivity contribution in [2.45, 2.75) is 17.9 Å². The molecule has 3 N–H and O–H groups in total. The van der Waals surface area contributed by atoms with Crippen LogP contribution in [0.5, 0.6) is 5.75 Å². The number of nitrogens with zero attached hydrogens (tertiary/aromatic N) is 3. The van der Waals surface area contributed by atoms with Crippen molar-refractivity contribution in [3.8, 4) is 5.75 Å². The number of nitrogen functional groups attached to an aromatic ring is 1. The molecule has 0 unspecified atom stereocenters. The van der Waals surface area contributed by atoms with Crippen molar-refractivity contribution in [3.63, 3.8) is 0 Å². The van der Waals surface area contributed by atoms with Crippen LogP contribution in [0.1, 0.15) is 16.7 Å². The van der Waals surface area contributed by atoms with Gasteiger partial charge in [0.15, 0.2) is 4.34 Å². The average molecular weight is 414 g/mol. The van der Waals surface area contributed by atoms with Gasteiger partial charge in [0.25, 0.3) is 5.91 Å². The number of thioether (sulfide) groups is 1. The highest BCUT2D eigenvalue weighted by molar-refractivity contribution is 8.01. The van der Waals surface area contributed by atoms with E-state index in [0.29, 0.717) is 16.1 Å². The molecule has 7 nitrogen and oxygen atoms in total. The second-order valence-corrected chi connectivity index (χ2v) is 8.07. The molecule has 0 atom stereocenters. The first-order valence-electron chi connectivity index (χ1n) is 8.40. The van der Waals surface area contributed by atoms with Crippen LogP contribution in [0.3, 0.4) is 0 Å². The molecule has 1 heterocycles. The predicted molar refractivity (Wildman–Crippen MR) is 113 cm³/mol. The van der Waals surface area contributed by atoms with Gasteiger partial charge >= 0.3 is 0 Å². The van der Waals surface area contributed by atoms with Crippen molar-refractivity contribution in [3.05, 3.63) is 65.2 Å². The lowest BCUT2D eigenvalue weighted by molar-refractivity contribution is -0.118. The summed E-state index contributed by atoms with van der Waals surface area (Å²) in [4.78, 5) is 11.8. The van der Waals surface area contributed by atoms with Crippen LogP contribution in [0, 0.1) is 6.92 Å². The summed E-state index contributed by atoms with van der Waals surface area (Å²) in [6.07, 6.45) is 1.58. The molecule has 9 heteroatoms. The Morgan fingerprint density at radius 2 is 2.11 bits per heavy atom. The lowest BCUT2D eigenvalue weighted by atomic mass is 10.1. The van der Waals surface area contributed by atoms with Gasteiger partial charge < -0.3 is 10.5 Å². The largest absolute Gasteiger partial charge is 0.489 e. The predicted octanol–water partition coefficient (Wildman–Crippen LogP) is 3.25. The number of hydrogen-bond donors (Lipinski definition) is 2. The van der Waals surface area contributed by atoms with E-state index in [1.165, 1.54) is 28.7 Å². The van der Waals surface area contributed by atoms with E-state index in [1.54, 1.807) is 6.21 Å². The van der Waals surface area contributed by atoms with Crippen molar-refractivity contribution >= 4 is 40.4 Å². The zero-order chi connectivity index (χ0) is 19.8. The lowest BCUT2D eigenvalue weighted by Crippen LogP contribution is -2.19. The third kappa shape index (κ3) is 6.36. The number of hydrogen-bond acceptors (Lipinski definition) is 8. The van der Waals surface area contributed by atoms with Crippen LogP contribution in [0.15, 0.2) is 58.0 Å². The fraction of sp³-hybridized carbons (Fsp3) is 0.158. The summed E-state index contributed by atoms with van der Waals surface area (Å²) in [5.41, 5.74) is 11.2. The Kier molecular flexibility index (Phi) is 6.99. The zero-order valence-corrected chi connectivity index (χ0v) is 16.8. The number of ether oxygens (including phenoxy) is 1. The first-order chi connectivity index (χ1) is 13.6. The molecule has 1 amide bonds. The maximum Gasteiger partial charge on any atom is 0.250 e. The molecule has 0 aliphatic rings. The maximum absolute atomic E-state index is 11.8. The smallest absolute Gasteiger partial charge is 0.250 e. The highest BCUT2D eigenvalue weighted by Gasteiger charge is 2.05. The molecule has 0 radical (unpaired) electrons. The Hall–Kier alpha value is -2.91. The minimum atomic E-state index is -0.229. The summed E-state index contributed by atoms with van der Waals surface area (Å²) >= 11 is 2.51. The van der Waals surface area contributed by atoms with Gasteiger partial charge in [-0.1, -0.05) is 52.9 Å². The number of aromatic nitrogens is 2. The van der Waals surface area contributed by atoms with Gasteiger partial charge in [0, 0.05) is 0 Å². The Morgan fingerprint density at radius 3 is 2.82 bits per heavy atom. The Balaban J connectivity index is 1.42. The SMILES string of the molecule is Cc1cccc(COc2ccc(C=NNC(=O)CSc3nnc(N)s3)cc2)c1. The van der Waals surface area contributed by atoms with Gasteiger partial charge in [-0.25, -0.2) is 5.43 Å². The van der Waals surface area contributed by atoms with Crippen molar-refractivity contribution < 1.29 is 9.53 Å². The number of carbonyl (C=O) groups is 1. The molecule has 0 bridgehead atoms. The normalized spacial score (nSPS) is 10.9. The van der Waals surface area contributed by atoms with Gasteiger partial charge in [-0.2, -0.15) is 5.10 Å². The lowest BCUT2D eigenvalue weighted by Gasteiger charge is -2.07. The van der Waals surface area contributed by atoms with Gasteiger partial charge in [0.1, 0.15) is 12.4 Å². The maximum atomic E-state index is 11.8. The van der Waals surface area contributed by atoms with E-state index < -0.39 is 0 Å². The van der Waals surface area contributed by atoms with Crippen LogP contribution in [-0.2, 0) is 11.4 Å². The van der Waals surface area contributed by atoms with E-state index in [1.807, 2.05) is 36.4 Å². The van der Waals surface area contributed by atoms with Crippen molar-refractivity contribution in [1.29, 1.82) is 0 Å². The molecule has 0 saturated carbocycles. The van der Waals surface area contributed by atoms with E-state index >= 15 is 0 Å². The summed E-state index contributed by atoms with van der Waals surface area (Å²) in [5, 5.41) is 11.9. The van der Waals surface area contributed by atoms with E-state index in [9.17, 15) is 4.79 Å². The monoisotopic (exact) mass is 413 g/mol. The van der Waals surface area contributed by atoms with Gasteiger partial charge in [-0.15, -0.1) is 10.2 Å². The number of hydrazone groups is 1. The standard InChI is InChI=1S/C19H19N5O2S2/c1-13-3-2-4-15(9-13)11-26-16-7-5-14(6-8-16)10-21-22-17(25)12-27-19-24-23-18(20)28-19/h2-10H,11-12H2,1H3,(H2,20,23)(H,22,25). The van der Waals surface area contributed by atoms with Gasteiger partial charge in [0.2, 0.25) is 5.13 Å². The number of anilines is 1. The van der Waals surface area contributed by atoms with Gasteiger partial charge in [-0.3, -0.25) is 4.79 Å². The first kappa shape index (κ1) is 19.8. The number of carbonyl (C=O) groups excluding carboxylic acids is 1. The Labute approximate surface area is 171 Å². The molecule has 144 valence electrons. The second kappa shape index (κ2) is 9.86. The number of aryl methyl sites for hydroxylation is 1. The molecular formula is C19H19N5O2S2. The van der Waals surface area contributed by atoms with Crippen LogP contribution in [0.4, 0.5) is 5.13 Å². The Bertz CT molecular complexity index is 957. The third-order valence-electron chi connectivity index (χ3n) is 3.52. The van der Waals surface area contributed by atoms with Gasteiger partial charge in [-0.05, 0) is 42.3 Å². The summed E-state index contributed by atoms with van der Waals surface area (Å²) in [5.74, 6) is 0.737. The molecule has 0 spiro atoms. The molecule has 28 heavy (non-hydrogen) atoms. The van der Waals surface area contributed by atoms with Crippen molar-refractivity contribution in [1.82, 2.24) is 15.6 Å². The van der Waals surface area contributed by atoms with Crippen molar-refractivity contribution in [2.24, 2.45) is 5.10 Å². The summed E-state index contributed by atoms with van der Waals surface area (Å²) in [6, 6.07) is 15.7. The first-order valence-corrected chi connectivity index (χ1v) is 10.2. The fourth-order valence-electron chi connectivity index (χ4n) is 2.24. The second-order valence-electron chi connectivity index (χ2n) is 5.83. The van der Waals surface area contributed by atoms with Crippen molar-refractivity contribution in [2.75, 3.05) is 11.5 Å². The van der Waals surface area contributed by atoms with E-state index in [-0.39, 0.29) is 11.7 Å². The fourth-order valence-corrected chi connectivity index (χ4v) is 3.66. The van der Waals surface area contributed by atoms with Gasteiger partial charge in [0.05, 0.1) is 12.0 Å². The zero-order valence-electron chi connectivity index (χ0n) is 15.2. The van der Waals surface area contributed by atoms with E-state index in [2.05, 4.69) is 39.8 Å². The van der Waals surface area contributed by atoms with E-state index in [4.69, 9.17) is 10.5 Å². The molecule has 0 aliphatic heterocycles. The number of nitrogens with one attached hydrogen (secondary N) is 1. The molecule has 3 rings (SSSR count). The highest BCUT2D eigenvalue weighted by Crippen LogP contribution is 2.22. The molecule has 1 aromatic heterocycles. The average Bonchev–Trinajstić information content (AvgIpc) is 3.11. The molecule has 2 aromatic carbocycles. The van der Waals surface area contributed by atoms with Crippen LogP contribution in [-0.4, -0.2) is 28.1 Å². The molecule has 3 aromatic rings.